The smallest absolute Gasteiger partial charge is 0.0630 e. The Morgan fingerprint density at radius 2 is 1.81 bits per heavy atom. The number of hydrogen-bond donors (Lipinski definition) is 1. The fraction of sp³-hybridized carbons (Fsp3) is 0.833. The van der Waals surface area contributed by atoms with E-state index in [1.807, 2.05) is 0 Å². The summed E-state index contributed by atoms with van der Waals surface area (Å²) < 4.78 is 2.17. The largest absolute Gasteiger partial charge is 0.316 e. The molecule has 1 rings (SSSR count). The van der Waals surface area contributed by atoms with Gasteiger partial charge in [0.1, 0.15) is 0 Å². The van der Waals surface area contributed by atoms with Crippen LogP contribution in [0.5, 0.6) is 0 Å². The van der Waals surface area contributed by atoms with Crippen molar-refractivity contribution in [3.8, 4) is 0 Å². The molecule has 0 bridgehead atoms. The quantitative estimate of drug-likeness (QED) is 0.605. The molecule has 0 aliphatic rings. The Morgan fingerprint density at radius 3 is 2.33 bits per heavy atom. The fourth-order valence-electron chi connectivity index (χ4n) is 3.06. The van der Waals surface area contributed by atoms with Crippen molar-refractivity contribution in [3.63, 3.8) is 0 Å². The minimum atomic E-state index is 0.349. The molecule has 0 aromatic carbocycles. The third-order valence-electron chi connectivity index (χ3n) is 4.96. The third-order valence-corrected chi connectivity index (χ3v) is 4.96. The number of aromatic nitrogens is 2. The molecule has 122 valence electrons. The molecule has 0 unspecified atom stereocenters. The zero-order valence-corrected chi connectivity index (χ0v) is 14.8. The predicted octanol–water partition coefficient (Wildman–Crippen LogP) is 4.59. The van der Waals surface area contributed by atoms with Crippen molar-refractivity contribution in [3.05, 3.63) is 18.0 Å². The maximum atomic E-state index is 4.85. The fourth-order valence-corrected chi connectivity index (χ4v) is 3.06. The summed E-state index contributed by atoms with van der Waals surface area (Å²) in [5, 5.41) is 8.47. The van der Waals surface area contributed by atoms with Crippen LogP contribution >= 0.6 is 0 Å². The average Bonchev–Trinajstić information content (AvgIpc) is 2.96. The third kappa shape index (κ3) is 5.14. The highest BCUT2D eigenvalue weighted by Crippen LogP contribution is 2.30. The molecule has 0 amide bonds. The Kier molecular flexibility index (Phi) is 8.02. The maximum Gasteiger partial charge on any atom is 0.0630 e. The van der Waals surface area contributed by atoms with E-state index in [1.165, 1.54) is 25.0 Å². The van der Waals surface area contributed by atoms with Gasteiger partial charge < -0.3 is 5.32 Å². The Bertz CT molecular complexity index is 376. The van der Waals surface area contributed by atoms with Crippen LogP contribution in [-0.4, -0.2) is 22.9 Å². The van der Waals surface area contributed by atoms with Crippen molar-refractivity contribution in [2.45, 2.75) is 79.2 Å². The van der Waals surface area contributed by atoms with Crippen LogP contribution in [0, 0.1) is 5.41 Å². The summed E-state index contributed by atoms with van der Waals surface area (Å²) in [6.07, 6.45) is 9.18. The van der Waals surface area contributed by atoms with Crippen molar-refractivity contribution in [2.24, 2.45) is 5.41 Å². The Balaban J connectivity index is 2.74. The van der Waals surface area contributed by atoms with Crippen LogP contribution in [0.4, 0.5) is 0 Å². The van der Waals surface area contributed by atoms with Gasteiger partial charge in [0, 0.05) is 12.7 Å². The molecule has 0 spiro atoms. The molecule has 3 nitrogen and oxygen atoms in total. The van der Waals surface area contributed by atoms with Gasteiger partial charge in [-0.1, -0.05) is 34.6 Å². The monoisotopic (exact) mass is 293 g/mol. The molecular weight excluding hydrogens is 258 g/mol. The minimum absolute atomic E-state index is 0.349. The lowest BCUT2D eigenvalue weighted by atomic mass is 9.78. The van der Waals surface area contributed by atoms with E-state index in [0.717, 1.165) is 32.4 Å². The van der Waals surface area contributed by atoms with Gasteiger partial charge in [0.2, 0.25) is 0 Å². The van der Waals surface area contributed by atoms with Crippen LogP contribution in [0.3, 0.4) is 0 Å². The highest BCUT2D eigenvalue weighted by atomic mass is 15.3. The van der Waals surface area contributed by atoms with Crippen molar-refractivity contribution in [1.29, 1.82) is 0 Å². The van der Waals surface area contributed by atoms with E-state index in [1.54, 1.807) is 0 Å². The summed E-state index contributed by atoms with van der Waals surface area (Å²) in [7, 11) is 0. The van der Waals surface area contributed by atoms with Crippen LogP contribution in [0.15, 0.2) is 12.3 Å². The normalized spacial score (nSPS) is 12.3. The highest BCUT2D eigenvalue weighted by molar-refractivity contribution is 5.04. The summed E-state index contributed by atoms with van der Waals surface area (Å²) in [6.45, 7) is 13.6. The van der Waals surface area contributed by atoms with Gasteiger partial charge in [-0.25, -0.2) is 0 Å². The molecule has 1 heterocycles. The van der Waals surface area contributed by atoms with Gasteiger partial charge in [0.25, 0.3) is 0 Å². The van der Waals surface area contributed by atoms with Crippen molar-refractivity contribution >= 4 is 0 Å². The SMILES string of the molecule is CCCNCC(CC)(CC)Cc1ccn(C(CC)CC)n1. The number of nitrogens with one attached hydrogen (secondary N) is 1. The highest BCUT2D eigenvalue weighted by Gasteiger charge is 2.27. The molecule has 0 atom stereocenters. The summed E-state index contributed by atoms with van der Waals surface area (Å²) >= 11 is 0. The number of nitrogens with zero attached hydrogens (tertiary/aromatic N) is 2. The Hall–Kier alpha value is -0.830. The molecule has 0 saturated carbocycles. The maximum absolute atomic E-state index is 4.85. The zero-order valence-electron chi connectivity index (χ0n) is 14.8. The lowest BCUT2D eigenvalue weighted by Crippen LogP contribution is -2.36. The predicted molar refractivity (Wildman–Crippen MR) is 91.7 cm³/mol. The molecule has 1 aromatic rings. The first kappa shape index (κ1) is 18.2. The molecular formula is C18H35N3. The molecule has 1 aromatic heterocycles. The van der Waals surface area contributed by atoms with Gasteiger partial charge >= 0.3 is 0 Å². The van der Waals surface area contributed by atoms with Crippen LogP contribution < -0.4 is 5.32 Å². The van der Waals surface area contributed by atoms with E-state index in [2.05, 4.69) is 56.9 Å². The van der Waals surface area contributed by atoms with Crippen molar-refractivity contribution in [1.82, 2.24) is 15.1 Å². The van der Waals surface area contributed by atoms with Gasteiger partial charge in [-0.15, -0.1) is 0 Å². The first-order valence-electron chi connectivity index (χ1n) is 8.89. The van der Waals surface area contributed by atoms with Crippen LogP contribution in [0.25, 0.3) is 0 Å². The molecule has 0 saturated heterocycles. The van der Waals surface area contributed by atoms with Gasteiger partial charge in [-0.05, 0) is 56.6 Å². The number of hydrogen-bond acceptors (Lipinski definition) is 2. The first-order chi connectivity index (χ1) is 10.1. The summed E-state index contributed by atoms with van der Waals surface area (Å²) in [5.74, 6) is 0. The van der Waals surface area contributed by atoms with Gasteiger partial charge in [-0.2, -0.15) is 5.10 Å². The standard InChI is InChI=1S/C18H35N3/c1-6-12-19-15-18(9-4,10-5)14-16-11-13-21(20-16)17(7-2)8-3/h11,13,17,19H,6-10,12,14-15H2,1-5H3. The van der Waals surface area contributed by atoms with E-state index >= 15 is 0 Å². The topological polar surface area (TPSA) is 29.9 Å². The van der Waals surface area contributed by atoms with E-state index in [0.29, 0.717) is 11.5 Å². The van der Waals surface area contributed by atoms with E-state index in [9.17, 15) is 0 Å². The summed E-state index contributed by atoms with van der Waals surface area (Å²) in [6, 6.07) is 2.77. The average molecular weight is 293 g/mol. The van der Waals surface area contributed by atoms with Crippen LogP contribution in [0.1, 0.15) is 78.5 Å². The molecule has 0 radical (unpaired) electrons. The lowest BCUT2D eigenvalue weighted by molar-refractivity contribution is 0.243. The second-order valence-electron chi connectivity index (χ2n) is 6.32. The van der Waals surface area contributed by atoms with Gasteiger partial charge in [0.15, 0.2) is 0 Å². The van der Waals surface area contributed by atoms with Gasteiger partial charge in [0.05, 0.1) is 11.7 Å². The molecule has 0 fully saturated rings. The van der Waals surface area contributed by atoms with E-state index < -0.39 is 0 Å². The molecule has 1 N–H and O–H groups in total. The molecule has 0 aliphatic heterocycles. The molecule has 3 heteroatoms. The lowest BCUT2D eigenvalue weighted by Gasteiger charge is -2.31. The summed E-state index contributed by atoms with van der Waals surface area (Å²) in [4.78, 5) is 0. The van der Waals surface area contributed by atoms with Crippen LogP contribution in [0.2, 0.25) is 0 Å². The second kappa shape index (κ2) is 9.24. The van der Waals surface area contributed by atoms with Crippen molar-refractivity contribution in [2.75, 3.05) is 13.1 Å². The minimum Gasteiger partial charge on any atom is -0.316 e. The van der Waals surface area contributed by atoms with E-state index in [4.69, 9.17) is 5.10 Å². The van der Waals surface area contributed by atoms with Gasteiger partial charge in [-0.3, -0.25) is 4.68 Å². The Morgan fingerprint density at radius 1 is 1.14 bits per heavy atom. The first-order valence-corrected chi connectivity index (χ1v) is 8.89. The molecule has 0 aliphatic carbocycles. The van der Waals surface area contributed by atoms with E-state index in [-0.39, 0.29) is 0 Å². The van der Waals surface area contributed by atoms with Crippen molar-refractivity contribution < 1.29 is 0 Å². The number of rotatable bonds is 11. The summed E-state index contributed by atoms with van der Waals surface area (Å²) in [5.41, 5.74) is 1.60. The van der Waals surface area contributed by atoms with Crippen LogP contribution in [-0.2, 0) is 6.42 Å². The molecule has 21 heavy (non-hydrogen) atoms. The second-order valence-corrected chi connectivity index (χ2v) is 6.32. The Labute approximate surface area is 131 Å². The zero-order chi connectivity index (χ0) is 15.7.